The Morgan fingerprint density at radius 3 is 3.06 bits per heavy atom. The zero-order valence-corrected chi connectivity index (χ0v) is 10.9. The highest BCUT2D eigenvalue weighted by molar-refractivity contribution is 9.10. The number of aliphatic hydroxyl groups excluding tert-OH is 1. The monoisotopic (exact) mass is 314 g/mol. The summed E-state index contributed by atoms with van der Waals surface area (Å²) < 4.78 is 1.55. The van der Waals surface area contributed by atoms with E-state index in [0.29, 0.717) is 22.5 Å². The van der Waals surface area contributed by atoms with Crippen molar-refractivity contribution in [2.75, 3.05) is 11.9 Å². The summed E-state index contributed by atoms with van der Waals surface area (Å²) in [5.41, 5.74) is 0.261. The second-order valence-electron chi connectivity index (χ2n) is 3.41. The fraction of sp³-hybridized carbons (Fsp3) is 0.333. The Bertz CT molecular complexity index is 567. The molecular weight excluding hydrogens is 304 g/mol. The molecule has 0 aromatic carbocycles. The first kappa shape index (κ1) is 12.7. The Balaban J connectivity index is 2.14. The first-order valence-corrected chi connectivity index (χ1v) is 5.96. The number of nitrogens with one attached hydrogen (secondary N) is 2. The van der Waals surface area contributed by atoms with Crippen LogP contribution in [0.15, 0.2) is 21.8 Å². The number of aliphatic hydroxyl groups is 1. The first-order chi connectivity index (χ1) is 8.72. The van der Waals surface area contributed by atoms with Crippen LogP contribution in [0.5, 0.6) is 0 Å². The third kappa shape index (κ3) is 2.74. The van der Waals surface area contributed by atoms with Crippen LogP contribution in [0.4, 0.5) is 5.69 Å². The van der Waals surface area contributed by atoms with Crippen LogP contribution in [-0.4, -0.2) is 36.7 Å². The predicted molar refractivity (Wildman–Crippen MR) is 67.0 cm³/mol. The van der Waals surface area contributed by atoms with Crippen molar-refractivity contribution in [2.45, 2.75) is 13.1 Å². The average Bonchev–Trinajstić information content (AvgIpc) is 2.87. The molecule has 0 atom stereocenters. The highest BCUT2D eigenvalue weighted by Gasteiger charge is 2.08. The van der Waals surface area contributed by atoms with E-state index in [1.165, 1.54) is 17.2 Å². The lowest BCUT2D eigenvalue weighted by atomic mass is 10.4. The molecule has 2 aromatic rings. The highest BCUT2D eigenvalue weighted by Crippen LogP contribution is 2.16. The van der Waals surface area contributed by atoms with Crippen molar-refractivity contribution in [3.05, 3.63) is 33.2 Å². The quantitative estimate of drug-likeness (QED) is 0.701. The molecule has 96 valence electrons. The van der Waals surface area contributed by atoms with Crippen LogP contribution < -0.4 is 10.9 Å². The molecule has 9 heteroatoms. The number of aromatic amines is 1. The number of rotatable bonds is 5. The third-order valence-corrected chi connectivity index (χ3v) is 2.97. The molecule has 0 amide bonds. The zero-order chi connectivity index (χ0) is 13.0. The minimum Gasteiger partial charge on any atom is -0.394 e. The summed E-state index contributed by atoms with van der Waals surface area (Å²) in [6, 6.07) is 0. The van der Waals surface area contributed by atoms with Gasteiger partial charge in [-0.15, -0.1) is 0 Å². The van der Waals surface area contributed by atoms with Gasteiger partial charge in [-0.25, -0.2) is 9.67 Å². The molecule has 0 saturated carbocycles. The molecule has 0 bridgehead atoms. The Hall–Kier alpha value is -1.74. The van der Waals surface area contributed by atoms with Gasteiger partial charge in [0.2, 0.25) is 0 Å². The van der Waals surface area contributed by atoms with Gasteiger partial charge in [-0.3, -0.25) is 9.89 Å². The van der Waals surface area contributed by atoms with Crippen molar-refractivity contribution in [3.8, 4) is 0 Å². The Morgan fingerprint density at radius 1 is 1.56 bits per heavy atom. The molecule has 18 heavy (non-hydrogen) atoms. The summed E-state index contributed by atoms with van der Waals surface area (Å²) in [5, 5.41) is 22.1. The molecule has 8 nitrogen and oxygen atoms in total. The summed E-state index contributed by atoms with van der Waals surface area (Å²) in [6.07, 6.45) is 2.92. The topological polar surface area (TPSA) is 109 Å². The lowest BCUT2D eigenvalue weighted by Gasteiger charge is -2.08. The van der Waals surface area contributed by atoms with Gasteiger partial charge in [0.15, 0.2) is 0 Å². The molecule has 0 fully saturated rings. The van der Waals surface area contributed by atoms with Gasteiger partial charge >= 0.3 is 0 Å². The van der Waals surface area contributed by atoms with Gasteiger partial charge in [0, 0.05) is 0 Å². The SMILES string of the molecule is O=c1c(Br)c(NCc2ncn[nH]2)cnn1CCO. The lowest BCUT2D eigenvalue weighted by Crippen LogP contribution is -2.25. The number of halogens is 1. The van der Waals surface area contributed by atoms with E-state index in [-0.39, 0.29) is 18.7 Å². The minimum atomic E-state index is -0.299. The minimum absolute atomic E-state index is 0.135. The summed E-state index contributed by atoms with van der Waals surface area (Å²) in [6.45, 7) is 0.438. The van der Waals surface area contributed by atoms with E-state index in [9.17, 15) is 4.79 Å². The van der Waals surface area contributed by atoms with Crippen LogP contribution in [0.25, 0.3) is 0 Å². The van der Waals surface area contributed by atoms with E-state index in [1.807, 2.05) is 0 Å². The average molecular weight is 315 g/mol. The molecular formula is C9H11BrN6O2. The van der Waals surface area contributed by atoms with Crippen LogP contribution in [-0.2, 0) is 13.1 Å². The highest BCUT2D eigenvalue weighted by atomic mass is 79.9. The van der Waals surface area contributed by atoms with Crippen LogP contribution in [0.3, 0.4) is 0 Å². The fourth-order valence-electron chi connectivity index (χ4n) is 1.34. The van der Waals surface area contributed by atoms with E-state index < -0.39 is 0 Å². The van der Waals surface area contributed by atoms with Gasteiger partial charge < -0.3 is 10.4 Å². The number of H-pyrrole nitrogens is 1. The Labute approximate surface area is 110 Å². The molecule has 0 aliphatic carbocycles. The molecule has 3 N–H and O–H groups in total. The van der Waals surface area contributed by atoms with Gasteiger partial charge in [0.25, 0.3) is 5.56 Å². The first-order valence-electron chi connectivity index (χ1n) is 5.17. The number of nitrogens with zero attached hydrogens (tertiary/aromatic N) is 4. The van der Waals surface area contributed by atoms with E-state index in [0.717, 1.165) is 0 Å². The summed E-state index contributed by atoms with van der Waals surface area (Å²) in [7, 11) is 0. The van der Waals surface area contributed by atoms with Gasteiger partial charge in [-0.1, -0.05) is 0 Å². The lowest BCUT2D eigenvalue weighted by molar-refractivity contribution is 0.266. The van der Waals surface area contributed by atoms with Crippen molar-refractivity contribution >= 4 is 21.6 Å². The maximum absolute atomic E-state index is 11.8. The molecule has 0 spiro atoms. The van der Waals surface area contributed by atoms with Gasteiger partial charge in [0.1, 0.15) is 16.6 Å². The summed E-state index contributed by atoms with van der Waals surface area (Å²) >= 11 is 3.20. The normalized spacial score (nSPS) is 10.6. The van der Waals surface area contributed by atoms with Crippen molar-refractivity contribution in [1.82, 2.24) is 25.0 Å². The van der Waals surface area contributed by atoms with Crippen LogP contribution in [0.2, 0.25) is 0 Å². The van der Waals surface area contributed by atoms with E-state index >= 15 is 0 Å². The molecule has 2 heterocycles. The molecule has 0 unspecified atom stereocenters. The van der Waals surface area contributed by atoms with Gasteiger partial charge in [0.05, 0.1) is 31.6 Å². The maximum atomic E-state index is 11.8. The van der Waals surface area contributed by atoms with Crippen molar-refractivity contribution < 1.29 is 5.11 Å². The molecule has 0 radical (unpaired) electrons. The number of hydrogen-bond donors (Lipinski definition) is 3. The zero-order valence-electron chi connectivity index (χ0n) is 9.30. The third-order valence-electron chi connectivity index (χ3n) is 2.21. The van der Waals surface area contributed by atoms with Gasteiger partial charge in [-0.05, 0) is 15.9 Å². The number of aromatic nitrogens is 5. The Morgan fingerprint density at radius 2 is 2.39 bits per heavy atom. The number of anilines is 1. The number of hydrogen-bond acceptors (Lipinski definition) is 6. The van der Waals surface area contributed by atoms with Gasteiger partial charge in [-0.2, -0.15) is 10.2 Å². The molecule has 0 aliphatic heterocycles. The van der Waals surface area contributed by atoms with Crippen molar-refractivity contribution in [2.24, 2.45) is 0 Å². The second kappa shape index (κ2) is 5.74. The molecule has 2 rings (SSSR count). The van der Waals surface area contributed by atoms with E-state index in [2.05, 4.69) is 41.5 Å². The smallest absolute Gasteiger partial charge is 0.283 e. The molecule has 2 aromatic heterocycles. The Kier molecular flexibility index (Phi) is 4.05. The van der Waals surface area contributed by atoms with Crippen molar-refractivity contribution in [3.63, 3.8) is 0 Å². The maximum Gasteiger partial charge on any atom is 0.283 e. The fourth-order valence-corrected chi connectivity index (χ4v) is 1.78. The molecule has 0 saturated heterocycles. The largest absolute Gasteiger partial charge is 0.394 e. The van der Waals surface area contributed by atoms with E-state index in [1.54, 1.807) is 0 Å². The van der Waals surface area contributed by atoms with Crippen molar-refractivity contribution in [1.29, 1.82) is 0 Å². The second-order valence-corrected chi connectivity index (χ2v) is 4.20. The summed E-state index contributed by atoms with van der Waals surface area (Å²) in [5.74, 6) is 0.654. The summed E-state index contributed by atoms with van der Waals surface area (Å²) in [4.78, 5) is 15.8. The van der Waals surface area contributed by atoms with Crippen LogP contribution in [0, 0.1) is 0 Å². The van der Waals surface area contributed by atoms with Crippen LogP contribution in [0.1, 0.15) is 5.82 Å². The van der Waals surface area contributed by atoms with Crippen LogP contribution >= 0.6 is 15.9 Å². The molecule has 0 aliphatic rings. The standard InChI is InChI=1S/C9H11BrN6O2/c10-8-6(11-4-7-12-5-13-15-7)3-14-16(1-2-17)9(8)18/h3,5,11,17H,1-2,4H2,(H,12,13,15). The predicted octanol–water partition coefficient (Wildman–Crippen LogP) is -0.272. The van der Waals surface area contributed by atoms with E-state index in [4.69, 9.17) is 5.11 Å².